The lowest BCUT2D eigenvalue weighted by molar-refractivity contribution is -0.146. The first-order valence-corrected chi connectivity index (χ1v) is 3.68. The van der Waals surface area contributed by atoms with Gasteiger partial charge in [-0.05, 0) is 0 Å². The SMILES string of the molecule is O=C1OC([C@@H](O)CCl)C(O)=C1O. The monoisotopic (exact) mass is 194 g/mol. The summed E-state index contributed by atoms with van der Waals surface area (Å²) in [6, 6.07) is 0. The van der Waals surface area contributed by atoms with Crippen molar-refractivity contribution in [3.8, 4) is 0 Å². The zero-order valence-electron chi connectivity index (χ0n) is 5.90. The number of alkyl halides is 1. The normalized spacial score (nSPS) is 25.8. The van der Waals surface area contributed by atoms with Crippen LogP contribution in [0.4, 0.5) is 0 Å². The molecule has 0 saturated carbocycles. The second kappa shape index (κ2) is 3.20. The summed E-state index contributed by atoms with van der Waals surface area (Å²) in [7, 11) is 0. The highest BCUT2D eigenvalue weighted by molar-refractivity contribution is 6.18. The first-order chi connectivity index (χ1) is 5.57. The fourth-order valence-electron chi connectivity index (χ4n) is 0.808. The summed E-state index contributed by atoms with van der Waals surface area (Å²) >= 11 is 5.24. The number of carbonyl (C=O) groups is 1. The molecule has 0 radical (unpaired) electrons. The van der Waals surface area contributed by atoms with Gasteiger partial charge >= 0.3 is 5.97 Å². The summed E-state index contributed by atoms with van der Waals surface area (Å²) in [4.78, 5) is 10.6. The van der Waals surface area contributed by atoms with Gasteiger partial charge in [-0.2, -0.15) is 0 Å². The highest BCUT2D eigenvalue weighted by Crippen LogP contribution is 2.21. The number of cyclic esters (lactones) is 1. The third kappa shape index (κ3) is 1.33. The first kappa shape index (κ1) is 9.15. The molecule has 1 rings (SSSR count). The van der Waals surface area contributed by atoms with E-state index in [2.05, 4.69) is 4.74 Å². The molecule has 1 aliphatic heterocycles. The van der Waals surface area contributed by atoms with Crippen molar-refractivity contribution in [3.63, 3.8) is 0 Å². The molecule has 0 aliphatic carbocycles. The van der Waals surface area contributed by atoms with Crippen molar-refractivity contribution in [1.82, 2.24) is 0 Å². The third-order valence-corrected chi connectivity index (χ3v) is 1.76. The van der Waals surface area contributed by atoms with Gasteiger partial charge in [0, 0.05) is 0 Å². The van der Waals surface area contributed by atoms with Crippen molar-refractivity contribution in [2.24, 2.45) is 0 Å². The Kier molecular flexibility index (Phi) is 2.44. The van der Waals surface area contributed by atoms with Crippen LogP contribution < -0.4 is 0 Å². The van der Waals surface area contributed by atoms with E-state index in [1.165, 1.54) is 0 Å². The van der Waals surface area contributed by atoms with Gasteiger partial charge in [-0.25, -0.2) is 4.79 Å². The number of rotatable bonds is 2. The minimum absolute atomic E-state index is 0.199. The van der Waals surface area contributed by atoms with E-state index in [-0.39, 0.29) is 5.88 Å². The number of aliphatic hydroxyl groups excluding tert-OH is 3. The predicted octanol–water partition coefficient (Wildman–Crippen LogP) is -0.161. The lowest BCUT2D eigenvalue weighted by Gasteiger charge is -2.13. The molecule has 0 aromatic rings. The van der Waals surface area contributed by atoms with Crippen LogP contribution in [0.5, 0.6) is 0 Å². The van der Waals surface area contributed by atoms with Gasteiger partial charge in [-0.15, -0.1) is 11.6 Å². The van der Waals surface area contributed by atoms with Crippen molar-refractivity contribution in [1.29, 1.82) is 0 Å². The molecule has 0 saturated heterocycles. The lowest BCUT2D eigenvalue weighted by atomic mass is 10.2. The Labute approximate surface area is 72.8 Å². The molecule has 0 amide bonds. The first-order valence-electron chi connectivity index (χ1n) is 3.15. The highest BCUT2D eigenvalue weighted by Gasteiger charge is 2.38. The molecular formula is C6H7ClO5. The zero-order valence-corrected chi connectivity index (χ0v) is 6.65. The Hall–Kier alpha value is -0.940. The van der Waals surface area contributed by atoms with E-state index in [9.17, 15) is 4.79 Å². The fourth-order valence-corrected chi connectivity index (χ4v) is 0.970. The number of ether oxygens (including phenoxy) is 1. The molecule has 0 aromatic heterocycles. The van der Waals surface area contributed by atoms with Crippen molar-refractivity contribution in [2.75, 3.05) is 5.88 Å². The van der Waals surface area contributed by atoms with Crippen LogP contribution in [-0.4, -0.2) is 39.4 Å². The molecule has 0 bridgehead atoms. The number of halogens is 1. The maximum atomic E-state index is 10.6. The molecule has 1 aliphatic rings. The number of carbonyl (C=O) groups excluding carboxylic acids is 1. The van der Waals surface area contributed by atoms with E-state index in [1.54, 1.807) is 0 Å². The molecule has 0 aromatic carbocycles. The molecular weight excluding hydrogens is 188 g/mol. The number of esters is 1. The average molecular weight is 195 g/mol. The van der Waals surface area contributed by atoms with E-state index in [0.29, 0.717) is 0 Å². The Morgan fingerprint density at radius 3 is 2.50 bits per heavy atom. The van der Waals surface area contributed by atoms with Crippen LogP contribution in [-0.2, 0) is 9.53 Å². The van der Waals surface area contributed by atoms with Gasteiger partial charge < -0.3 is 20.1 Å². The van der Waals surface area contributed by atoms with Gasteiger partial charge in [-0.3, -0.25) is 0 Å². The van der Waals surface area contributed by atoms with Crippen LogP contribution >= 0.6 is 11.6 Å². The number of aliphatic hydroxyl groups is 3. The minimum Gasteiger partial charge on any atom is -0.505 e. The molecule has 12 heavy (non-hydrogen) atoms. The van der Waals surface area contributed by atoms with Crippen LogP contribution in [0.25, 0.3) is 0 Å². The van der Waals surface area contributed by atoms with E-state index in [4.69, 9.17) is 26.9 Å². The summed E-state index contributed by atoms with van der Waals surface area (Å²) in [5.41, 5.74) is 0. The molecule has 1 heterocycles. The van der Waals surface area contributed by atoms with Crippen LogP contribution in [0.1, 0.15) is 0 Å². The molecule has 0 spiro atoms. The lowest BCUT2D eigenvalue weighted by Crippen LogP contribution is -2.29. The van der Waals surface area contributed by atoms with Crippen molar-refractivity contribution in [2.45, 2.75) is 12.2 Å². The summed E-state index contributed by atoms with van der Waals surface area (Å²) in [5, 5.41) is 26.8. The van der Waals surface area contributed by atoms with Crippen molar-refractivity contribution < 1.29 is 24.9 Å². The van der Waals surface area contributed by atoms with Crippen molar-refractivity contribution >= 4 is 17.6 Å². The topological polar surface area (TPSA) is 87.0 Å². The third-order valence-electron chi connectivity index (χ3n) is 1.45. The van der Waals surface area contributed by atoms with Crippen LogP contribution in [0.2, 0.25) is 0 Å². The quantitative estimate of drug-likeness (QED) is 0.420. The van der Waals surface area contributed by atoms with Gasteiger partial charge in [0.2, 0.25) is 5.76 Å². The second-order valence-corrected chi connectivity index (χ2v) is 2.59. The summed E-state index contributed by atoms with van der Waals surface area (Å²) in [6.07, 6.45) is -2.45. The van der Waals surface area contributed by atoms with Crippen LogP contribution in [0, 0.1) is 0 Å². The minimum atomic E-state index is -1.24. The van der Waals surface area contributed by atoms with Crippen molar-refractivity contribution in [3.05, 3.63) is 11.5 Å². The molecule has 1 unspecified atom stereocenters. The Bertz CT molecular complexity index is 236. The van der Waals surface area contributed by atoms with Gasteiger partial charge in [0.1, 0.15) is 6.10 Å². The summed E-state index contributed by atoms with van der Waals surface area (Å²) in [5.74, 6) is -2.80. The maximum Gasteiger partial charge on any atom is 0.377 e. The molecule has 3 N–H and O–H groups in total. The Morgan fingerprint density at radius 1 is 1.58 bits per heavy atom. The summed E-state index contributed by atoms with van der Waals surface area (Å²) in [6.45, 7) is 0. The van der Waals surface area contributed by atoms with Crippen LogP contribution in [0.15, 0.2) is 11.5 Å². The molecule has 2 atom stereocenters. The Morgan fingerprint density at radius 2 is 2.17 bits per heavy atom. The van der Waals surface area contributed by atoms with Crippen LogP contribution in [0.3, 0.4) is 0 Å². The van der Waals surface area contributed by atoms with Gasteiger partial charge in [0.05, 0.1) is 5.88 Å². The maximum absolute atomic E-state index is 10.6. The van der Waals surface area contributed by atoms with Gasteiger partial charge in [-0.1, -0.05) is 0 Å². The van der Waals surface area contributed by atoms with Gasteiger partial charge in [0.15, 0.2) is 11.9 Å². The number of hydrogen-bond acceptors (Lipinski definition) is 5. The van der Waals surface area contributed by atoms with E-state index < -0.39 is 29.7 Å². The number of hydrogen-bond donors (Lipinski definition) is 3. The standard InChI is InChI=1S/C6H7ClO5/c7-1-2(8)5-3(9)4(10)6(11)12-5/h2,5,8-10H,1H2/t2-,5?/m0/s1. The van der Waals surface area contributed by atoms with E-state index in [0.717, 1.165) is 0 Å². The Balaban J connectivity index is 2.80. The molecule has 6 heteroatoms. The highest BCUT2D eigenvalue weighted by atomic mass is 35.5. The zero-order chi connectivity index (χ0) is 9.30. The van der Waals surface area contributed by atoms with Gasteiger partial charge in [0.25, 0.3) is 0 Å². The average Bonchev–Trinajstić information content (AvgIpc) is 2.32. The smallest absolute Gasteiger partial charge is 0.377 e. The predicted molar refractivity (Wildman–Crippen MR) is 38.9 cm³/mol. The fraction of sp³-hybridized carbons (Fsp3) is 0.500. The molecule has 68 valence electrons. The molecule has 0 fully saturated rings. The van der Waals surface area contributed by atoms with E-state index in [1.807, 2.05) is 0 Å². The van der Waals surface area contributed by atoms with E-state index >= 15 is 0 Å². The molecule has 5 nitrogen and oxygen atoms in total. The second-order valence-electron chi connectivity index (χ2n) is 2.28. The summed E-state index contributed by atoms with van der Waals surface area (Å²) < 4.78 is 4.39. The largest absolute Gasteiger partial charge is 0.505 e.